The first-order chi connectivity index (χ1) is 9.29. The number of hydrogen-bond donors (Lipinski definition) is 1. The fraction of sp³-hybridized carbons (Fsp3) is 0.467. The molecule has 0 spiro atoms. The number of carbonyl (C=O) groups is 2. The Morgan fingerprint density at radius 2 is 2.00 bits per heavy atom. The number of aliphatic carboxylic acids is 1. The molecule has 0 unspecified atom stereocenters. The molecule has 1 heterocycles. The molecular weight excluding hydrogens is 258 g/mol. The molecule has 1 aromatic carbocycles. The van der Waals surface area contributed by atoms with Crippen LogP contribution in [0.15, 0.2) is 24.3 Å². The van der Waals surface area contributed by atoms with Gasteiger partial charge in [0.25, 0.3) is 5.91 Å². The fourth-order valence-electron chi connectivity index (χ4n) is 2.24. The number of anilines is 1. The van der Waals surface area contributed by atoms with Crippen LogP contribution in [-0.4, -0.2) is 35.2 Å². The van der Waals surface area contributed by atoms with Gasteiger partial charge in [0.15, 0.2) is 0 Å². The lowest BCUT2D eigenvalue weighted by Gasteiger charge is -2.25. The van der Waals surface area contributed by atoms with Gasteiger partial charge < -0.3 is 9.84 Å². The van der Waals surface area contributed by atoms with Crippen LogP contribution in [0.3, 0.4) is 0 Å². The van der Waals surface area contributed by atoms with Gasteiger partial charge >= 0.3 is 5.97 Å². The Bertz CT molecular complexity index is 533. The number of fused-ring (bicyclic) bond motifs is 1. The van der Waals surface area contributed by atoms with Crippen molar-refractivity contribution in [1.82, 2.24) is 0 Å². The van der Waals surface area contributed by atoms with Crippen molar-refractivity contribution in [3.05, 3.63) is 29.8 Å². The lowest BCUT2D eigenvalue weighted by Crippen LogP contribution is -2.45. The smallest absolute Gasteiger partial charge is 0.327 e. The minimum absolute atomic E-state index is 0.123. The number of carboxylic acid groups (broad SMARTS) is 1. The number of carboxylic acids is 1. The first kappa shape index (κ1) is 14.5. The number of rotatable bonds is 3. The Morgan fingerprint density at radius 1 is 1.35 bits per heavy atom. The molecule has 0 aliphatic carbocycles. The molecule has 5 nitrogen and oxygen atoms in total. The van der Waals surface area contributed by atoms with Gasteiger partial charge in [0.2, 0.25) is 0 Å². The summed E-state index contributed by atoms with van der Waals surface area (Å²) in [6.45, 7) is 5.44. The topological polar surface area (TPSA) is 66.8 Å². The van der Waals surface area contributed by atoms with Crippen molar-refractivity contribution in [1.29, 1.82) is 0 Å². The zero-order valence-electron chi connectivity index (χ0n) is 11.9. The third-order valence-corrected chi connectivity index (χ3v) is 3.16. The van der Waals surface area contributed by atoms with E-state index < -0.39 is 17.6 Å². The van der Waals surface area contributed by atoms with Crippen molar-refractivity contribution in [2.45, 2.75) is 38.8 Å². The number of ether oxygens (including phenoxy) is 1. The van der Waals surface area contributed by atoms with E-state index in [4.69, 9.17) is 4.74 Å². The van der Waals surface area contributed by atoms with E-state index in [-0.39, 0.29) is 12.5 Å². The minimum atomic E-state index is -0.995. The van der Waals surface area contributed by atoms with Gasteiger partial charge in [-0.2, -0.15) is 0 Å². The molecule has 0 bridgehead atoms. The number of hydrogen-bond acceptors (Lipinski definition) is 3. The highest BCUT2D eigenvalue weighted by Gasteiger charge is 2.38. The Morgan fingerprint density at radius 3 is 2.60 bits per heavy atom. The minimum Gasteiger partial charge on any atom is -0.480 e. The van der Waals surface area contributed by atoms with Gasteiger partial charge in [0.1, 0.15) is 12.6 Å². The van der Waals surface area contributed by atoms with E-state index in [1.54, 1.807) is 12.1 Å². The molecule has 1 aliphatic heterocycles. The Kier molecular flexibility index (Phi) is 3.81. The summed E-state index contributed by atoms with van der Waals surface area (Å²) in [4.78, 5) is 25.0. The van der Waals surface area contributed by atoms with Gasteiger partial charge in [-0.05, 0) is 32.4 Å². The number of benzene rings is 1. The van der Waals surface area contributed by atoms with E-state index in [1.807, 2.05) is 32.9 Å². The molecule has 0 radical (unpaired) electrons. The van der Waals surface area contributed by atoms with Crippen LogP contribution in [0.5, 0.6) is 0 Å². The summed E-state index contributed by atoms with van der Waals surface area (Å²) in [5, 5.41) is 9.30. The molecule has 1 N–H and O–H groups in total. The quantitative estimate of drug-likeness (QED) is 0.915. The largest absolute Gasteiger partial charge is 0.480 e. The highest BCUT2D eigenvalue weighted by Crippen LogP contribution is 2.32. The van der Waals surface area contributed by atoms with Crippen LogP contribution in [0.1, 0.15) is 26.3 Å². The Labute approximate surface area is 118 Å². The maximum atomic E-state index is 12.3. The van der Waals surface area contributed by atoms with E-state index in [0.717, 1.165) is 5.56 Å². The van der Waals surface area contributed by atoms with Crippen molar-refractivity contribution in [3.8, 4) is 0 Å². The van der Waals surface area contributed by atoms with Crippen LogP contribution in [0.2, 0.25) is 0 Å². The maximum Gasteiger partial charge on any atom is 0.327 e. The summed E-state index contributed by atoms with van der Waals surface area (Å²) >= 11 is 0. The average molecular weight is 277 g/mol. The zero-order valence-corrected chi connectivity index (χ0v) is 11.9. The SMILES string of the molecule is CC(C)(C)OCC(=O)N1c2ccccc2C[C@H]1C(=O)O. The molecule has 1 amide bonds. The van der Waals surface area contributed by atoms with E-state index in [0.29, 0.717) is 12.1 Å². The molecule has 1 atom stereocenters. The molecular formula is C15H19NO4. The van der Waals surface area contributed by atoms with Crippen LogP contribution in [0.4, 0.5) is 5.69 Å². The molecule has 108 valence electrons. The van der Waals surface area contributed by atoms with Crippen LogP contribution < -0.4 is 4.90 Å². The lowest BCUT2D eigenvalue weighted by atomic mass is 10.1. The molecule has 1 aliphatic rings. The van der Waals surface area contributed by atoms with Gasteiger partial charge in [0, 0.05) is 12.1 Å². The standard InChI is InChI=1S/C15H19NO4/c1-15(2,3)20-9-13(17)16-11-7-5-4-6-10(11)8-12(16)14(18)19/h4-7,12H,8-9H2,1-3H3,(H,18,19)/t12-/m0/s1. The van der Waals surface area contributed by atoms with Crippen molar-refractivity contribution in [2.75, 3.05) is 11.5 Å². The fourth-order valence-corrected chi connectivity index (χ4v) is 2.24. The van der Waals surface area contributed by atoms with E-state index >= 15 is 0 Å². The molecule has 1 aromatic rings. The summed E-state index contributed by atoms with van der Waals surface area (Å²) in [5.41, 5.74) is 1.11. The van der Waals surface area contributed by atoms with Crippen LogP contribution in [-0.2, 0) is 20.7 Å². The number of para-hydroxylation sites is 1. The molecule has 20 heavy (non-hydrogen) atoms. The Balaban J connectivity index is 2.22. The van der Waals surface area contributed by atoms with Crippen molar-refractivity contribution < 1.29 is 19.4 Å². The molecule has 0 aromatic heterocycles. The van der Waals surface area contributed by atoms with E-state index in [9.17, 15) is 14.7 Å². The second kappa shape index (κ2) is 5.25. The van der Waals surface area contributed by atoms with Gasteiger partial charge in [-0.3, -0.25) is 9.69 Å². The predicted octanol–water partition coefficient (Wildman–Crippen LogP) is 1.84. The van der Waals surface area contributed by atoms with Gasteiger partial charge in [-0.15, -0.1) is 0 Å². The predicted molar refractivity (Wildman–Crippen MR) is 74.8 cm³/mol. The highest BCUT2D eigenvalue weighted by atomic mass is 16.5. The van der Waals surface area contributed by atoms with Crippen molar-refractivity contribution in [2.24, 2.45) is 0 Å². The van der Waals surface area contributed by atoms with Crippen molar-refractivity contribution in [3.63, 3.8) is 0 Å². The first-order valence-corrected chi connectivity index (χ1v) is 6.56. The number of carbonyl (C=O) groups excluding carboxylic acids is 1. The molecule has 2 rings (SSSR count). The summed E-state index contributed by atoms with van der Waals surface area (Å²) in [6, 6.07) is 6.42. The van der Waals surface area contributed by atoms with Gasteiger partial charge in [0.05, 0.1) is 5.60 Å². The molecule has 5 heteroatoms. The van der Waals surface area contributed by atoms with E-state index in [1.165, 1.54) is 4.90 Å². The lowest BCUT2D eigenvalue weighted by molar-refractivity contribution is -0.141. The molecule has 0 saturated carbocycles. The highest BCUT2D eigenvalue weighted by molar-refractivity contribution is 6.02. The number of nitrogens with zero attached hydrogens (tertiary/aromatic N) is 1. The van der Waals surface area contributed by atoms with Crippen LogP contribution in [0.25, 0.3) is 0 Å². The van der Waals surface area contributed by atoms with Gasteiger partial charge in [-0.1, -0.05) is 18.2 Å². The third kappa shape index (κ3) is 2.99. The second-order valence-electron chi connectivity index (χ2n) is 5.85. The molecule has 0 saturated heterocycles. The zero-order chi connectivity index (χ0) is 14.9. The summed E-state index contributed by atoms with van der Waals surface area (Å²) in [5.74, 6) is -1.32. The second-order valence-corrected chi connectivity index (χ2v) is 5.85. The average Bonchev–Trinajstić information content (AvgIpc) is 2.74. The summed E-state index contributed by atoms with van der Waals surface area (Å²) in [7, 11) is 0. The summed E-state index contributed by atoms with van der Waals surface area (Å²) in [6.07, 6.45) is 0.340. The molecule has 0 fully saturated rings. The van der Waals surface area contributed by atoms with Crippen molar-refractivity contribution >= 4 is 17.6 Å². The normalized spacial score (nSPS) is 17.9. The first-order valence-electron chi connectivity index (χ1n) is 6.56. The maximum absolute atomic E-state index is 12.3. The monoisotopic (exact) mass is 277 g/mol. The number of amides is 1. The van der Waals surface area contributed by atoms with Crippen LogP contribution in [0, 0.1) is 0 Å². The van der Waals surface area contributed by atoms with Gasteiger partial charge in [-0.25, -0.2) is 4.79 Å². The summed E-state index contributed by atoms with van der Waals surface area (Å²) < 4.78 is 5.46. The third-order valence-electron chi connectivity index (χ3n) is 3.16. The van der Waals surface area contributed by atoms with E-state index in [2.05, 4.69) is 0 Å². The Hall–Kier alpha value is -1.88. The van der Waals surface area contributed by atoms with Crippen LogP contribution >= 0.6 is 0 Å².